The zero-order chi connectivity index (χ0) is 13.7. The minimum atomic E-state index is 0.125. The van der Waals surface area contributed by atoms with Gasteiger partial charge in [-0.25, -0.2) is 0 Å². The first kappa shape index (κ1) is 14.7. The first-order valence-electron chi connectivity index (χ1n) is 6.71. The SMILES string of the molecule is CNC(=O)CC(CC(C)C)c1cc(C)cc(C)c1. The van der Waals surface area contributed by atoms with Crippen molar-refractivity contribution in [3.63, 3.8) is 0 Å². The smallest absolute Gasteiger partial charge is 0.220 e. The molecule has 18 heavy (non-hydrogen) atoms. The second-order valence-electron chi connectivity index (χ2n) is 5.62. The summed E-state index contributed by atoms with van der Waals surface area (Å²) in [6, 6.07) is 6.60. The summed E-state index contributed by atoms with van der Waals surface area (Å²) in [5, 5.41) is 2.73. The molecule has 1 unspecified atom stereocenters. The van der Waals surface area contributed by atoms with Gasteiger partial charge in [-0.05, 0) is 37.7 Å². The minimum Gasteiger partial charge on any atom is -0.359 e. The molecule has 0 bridgehead atoms. The molecule has 100 valence electrons. The molecule has 0 radical (unpaired) electrons. The summed E-state index contributed by atoms with van der Waals surface area (Å²) in [4.78, 5) is 11.6. The van der Waals surface area contributed by atoms with Crippen molar-refractivity contribution in [2.45, 2.75) is 46.5 Å². The maximum absolute atomic E-state index is 11.6. The third-order valence-corrected chi connectivity index (χ3v) is 3.18. The van der Waals surface area contributed by atoms with Crippen LogP contribution in [0.3, 0.4) is 0 Å². The first-order chi connectivity index (χ1) is 8.42. The molecule has 0 aliphatic heterocycles. The Kier molecular flexibility index (Phi) is 5.39. The van der Waals surface area contributed by atoms with Crippen molar-refractivity contribution < 1.29 is 4.79 Å². The van der Waals surface area contributed by atoms with E-state index in [4.69, 9.17) is 0 Å². The van der Waals surface area contributed by atoms with Crippen LogP contribution in [0.25, 0.3) is 0 Å². The predicted octanol–water partition coefficient (Wildman–Crippen LogP) is 3.57. The number of aryl methyl sites for hydroxylation is 2. The first-order valence-corrected chi connectivity index (χ1v) is 6.71. The summed E-state index contributed by atoms with van der Waals surface area (Å²) in [7, 11) is 1.70. The summed E-state index contributed by atoms with van der Waals surface area (Å²) < 4.78 is 0. The average Bonchev–Trinajstić information content (AvgIpc) is 2.26. The van der Waals surface area contributed by atoms with E-state index in [9.17, 15) is 4.79 Å². The Labute approximate surface area is 111 Å². The molecule has 0 saturated heterocycles. The highest BCUT2D eigenvalue weighted by molar-refractivity contribution is 5.76. The highest BCUT2D eigenvalue weighted by atomic mass is 16.1. The molecule has 0 aliphatic carbocycles. The molecular formula is C16H25NO. The molecular weight excluding hydrogens is 222 g/mol. The van der Waals surface area contributed by atoms with E-state index in [0.717, 1.165) is 6.42 Å². The number of carbonyl (C=O) groups excluding carboxylic acids is 1. The normalized spacial score (nSPS) is 12.6. The van der Waals surface area contributed by atoms with Gasteiger partial charge in [0, 0.05) is 13.5 Å². The quantitative estimate of drug-likeness (QED) is 0.846. The lowest BCUT2D eigenvalue weighted by atomic mass is 9.86. The van der Waals surface area contributed by atoms with Crippen molar-refractivity contribution in [3.05, 3.63) is 34.9 Å². The van der Waals surface area contributed by atoms with Crippen LogP contribution in [-0.4, -0.2) is 13.0 Å². The van der Waals surface area contributed by atoms with Crippen LogP contribution in [0.1, 0.15) is 49.3 Å². The van der Waals surface area contributed by atoms with Crippen molar-refractivity contribution in [2.75, 3.05) is 7.05 Å². The highest BCUT2D eigenvalue weighted by Gasteiger charge is 2.17. The highest BCUT2D eigenvalue weighted by Crippen LogP contribution is 2.28. The fourth-order valence-corrected chi connectivity index (χ4v) is 2.48. The molecule has 1 atom stereocenters. The van der Waals surface area contributed by atoms with Gasteiger partial charge in [-0.1, -0.05) is 43.2 Å². The number of benzene rings is 1. The topological polar surface area (TPSA) is 29.1 Å². The Morgan fingerprint density at radius 3 is 2.17 bits per heavy atom. The largest absolute Gasteiger partial charge is 0.359 e. The van der Waals surface area contributed by atoms with Crippen molar-refractivity contribution in [1.82, 2.24) is 5.32 Å². The summed E-state index contributed by atoms with van der Waals surface area (Å²) in [6.45, 7) is 8.64. The average molecular weight is 247 g/mol. The monoisotopic (exact) mass is 247 g/mol. The molecule has 0 aromatic heterocycles. The van der Waals surface area contributed by atoms with Crippen LogP contribution in [0, 0.1) is 19.8 Å². The molecule has 0 fully saturated rings. The van der Waals surface area contributed by atoms with Crippen LogP contribution in [0.2, 0.25) is 0 Å². The number of hydrogen-bond donors (Lipinski definition) is 1. The van der Waals surface area contributed by atoms with Gasteiger partial charge in [-0.3, -0.25) is 4.79 Å². The van der Waals surface area contributed by atoms with Crippen molar-refractivity contribution in [2.24, 2.45) is 5.92 Å². The van der Waals surface area contributed by atoms with Gasteiger partial charge in [0.25, 0.3) is 0 Å². The van der Waals surface area contributed by atoms with Crippen molar-refractivity contribution in [1.29, 1.82) is 0 Å². The lowest BCUT2D eigenvalue weighted by molar-refractivity contribution is -0.121. The number of hydrogen-bond acceptors (Lipinski definition) is 1. The molecule has 1 aromatic rings. The molecule has 0 heterocycles. The Balaban J connectivity index is 2.96. The maximum atomic E-state index is 11.6. The van der Waals surface area contributed by atoms with E-state index < -0.39 is 0 Å². The molecule has 1 rings (SSSR count). The second-order valence-corrected chi connectivity index (χ2v) is 5.62. The number of amides is 1. The zero-order valence-corrected chi connectivity index (χ0v) is 12.2. The summed E-state index contributed by atoms with van der Waals surface area (Å²) in [6.07, 6.45) is 1.63. The van der Waals surface area contributed by atoms with Gasteiger partial charge >= 0.3 is 0 Å². The lowest BCUT2D eigenvalue weighted by Gasteiger charge is -2.20. The molecule has 2 nitrogen and oxygen atoms in total. The second kappa shape index (κ2) is 6.58. The van der Waals surface area contributed by atoms with E-state index in [1.807, 2.05) is 0 Å². The molecule has 0 aliphatic rings. The third kappa shape index (κ3) is 4.52. The van der Waals surface area contributed by atoms with E-state index in [0.29, 0.717) is 18.3 Å². The van der Waals surface area contributed by atoms with Gasteiger partial charge < -0.3 is 5.32 Å². The van der Waals surface area contributed by atoms with Crippen LogP contribution in [0.4, 0.5) is 0 Å². The number of carbonyl (C=O) groups is 1. The number of rotatable bonds is 5. The van der Waals surface area contributed by atoms with E-state index in [1.54, 1.807) is 7.05 Å². The van der Waals surface area contributed by atoms with Crippen molar-refractivity contribution >= 4 is 5.91 Å². The van der Waals surface area contributed by atoms with E-state index in [1.165, 1.54) is 16.7 Å². The summed E-state index contributed by atoms with van der Waals surface area (Å²) in [5.74, 6) is 1.05. The van der Waals surface area contributed by atoms with E-state index >= 15 is 0 Å². The van der Waals surface area contributed by atoms with Gasteiger partial charge in [-0.2, -0.15) is 0 Å². The summed E-state index contributed by atoms with van der Waals surface area (Å²) >= 11 is 0. The Bertz CT molecular complexity index is 389. The predicted molar refractivity (Wildman–Crippen MR) is 76.8 cm³/mol. The van der Waals surface area contributed by atoms with Gasteiger partial charge in [0.05, 0.1) is 0 Å². The fraction of sp³-hybridized carbons (Fsp3) is 0.562. The molecule has 1 N–H and O–H groups in total. The third-order valence-electron chi connectivity index (χ3n) is 3.18. The molecule has 1 amide bonds. The van der Waals surface area contributed by atoms with Gasteiger partial charge in [-0.15, -0.1) is 0 Å². The van der Waals surface area contributed by atoms with Gasteiger partial charge in [0.2, 0.25) is 5.91 Å². The number of nitrogens with one attached hydrogen (secondary N) is 1. The molecule has 0 saturated carbocycles. The minimum absolute atomic E-state index is 0.125. The summed E-state index contributed by atoms with van der Waals surface area (Å²) in [5.41, 5.74) is 3.84. The van der Waals surface area contributed by atoms with Crippen LogP contribution in [-0.2, 0) is 4.79 Å². The van der Waals surface area contributed by atoms with E-state index in [-0.39, 0.29) is 5.91 Å². The fourth-order valence-electron chi connectivity index (χ4n) is 2.48. The Hall–Kier alpha value is -1.31. The zero-order valence-electron chi connectivity index (χ0n) is 12.2. The standard InChI is InChI=1S/C16H25NO/c1-11(2)6-14(10-16(18)17-5)15-8-12(3)7-13(4)9-15/h7-9,11,14H,6,10H2,1-5H3,(H,17,18). The van der Waals surface area contributed by atoms with Gasteiger partial charge in [0.15, 0.2) is 0 Å². The van der Waals surface area contributed by atoms with Crippen LogP contribution >= 0.6 is 0 Å². The Morgan fingerprint density at radius 2 is 1.72 bits per heavy atom. The lowest BCUT2D eigenvalue weighted by Crippen LogP contribution is -2.21. The molecule has 2 heteroatoms. The van der Waals surface area contributed by atoms with E-state index in [2.05, 4.69) is 51.2 Å². The maximum Gasteiger partial charge on any atom is 0.220 e. The van der Waals surface area contributed by atoms with Crippen LogP contribution in [0.5, 0.6) is 0 Å². The molecule has 0 spiro atoms. The van der Waals surface area contributed by atoms with Crippen LogP contribution in [0.15, 0.2) is 18.2 Å². The van der Waals surface area contributed by atoms with Gasteiger partial charge in [0.1, 0.15) is 0 Å². The molecule has 1 aromatic carbocycles. The Morgan fingerprint density at radius 1 is 1.17 bits per heavy atom. The van der Waals surface area contributed by atoms with Crippen LogP contribution < -0.4 is 5.32 Å². The van der Waals surface area contributed by atoms with Crippen molar-refractivity contribution in [3.8, 4) is 0 Å².